The van der Waals surface area contributed by atoms with Gasteiger partial charge in [0.25, 0.3) is 0 Å². The number of rotatable bonds is 3. The molecule has 0 spiro atoms. The van der Waals surface area contributed by atoms with Crippen molar-refractivity contribution in [2.75, 3.05) is 13.1 Å². The van der Waals surface area contributed by atoms with Gasteiger partial charge in [-0.15, -0.1) is 0 Å². The summed E-state index contributed by atoms with van der Waals surface area (Å²) >= 11 is 0. The molecule has 1 rings (SSSR count). The van der Waals surface area contributed by atoms with Gasteiger partial charge < -0.3 is 15.3 Å². The molecule has 0 radical (unpaired) electrons. The molecule has 0 saturated carbocycles. The lowest BCUT2D eigenvalue weighted by molar-refractivity contribution is -0.159. The van der Waals surface area contributed by atoms with Gasteiger partial charge in [0.15, 0.2) is 5.60 Å². The normalized spacial score (nSPS) is 30.1. The number of likely N-dealkylation sites (tertiary alicyclic amines) is 1. The molecule has 1 saturated heterocycles. The molecule has 2 atom stereocenters. The summed E-state index contributed by atoms with van der Waals surface area (Å²) in [6.07, 6.45) is 0.144. The van der Waals surface area contributed by atoms with E-state index in [-0.39, 0.29) is 6.54 Å². The lowest BCUT2D eigenvalue weighted by Crippen LogP contribution is -2.53. The molecule has 0 aromatic heterocycles. The highest BCUT2D eigenvalue weighted by Crippen LogP contribution is 2.30. The van der Waals surface area contributed by atoms with E-state index in [0.717, 1.165) is 0 Å². The Morgan fingerprint density at radius 1 is 1.60 bits per heavy atom. The monoisotopic (exact) mass is 217 g/mol. The van der Waals surface area contributed by atoms with Gasteiger partial charge in [0.05, 0.1) is 6.10 Å². The molecular weight excluding hydrogens is 198 g/mol. The Balaban J connectivity index is 2.72. The fourth-order valence-electron chi connectivity index (χ4n) is 1.85. The standard InChI is InChI=1S/C10H19NO4/c1-9(2)7(12)4-5-11(9)6-10(3,15)8(13)14/h7,12,15H,4-6H2,1-3H3,(H,13,14). The van der Waals surface area contributed by atoms with Gasteiger partial charge >= 0.3 is 5.97 Å². The lowest BCUT2D eigenvalue weighted by atomic mass is 9.97. The Morgan fingerprint density at radius 3 is 2.47 bits per heavy atom. The first-order chi connectivity index (χ1) is 6.68. The molecule has 1 aliphatic rings. The summed E-state index contributed by atoms with van der Waals surface area (Å²) in [5, 5.41) is 28.1. The third kappa shape index (κ3) is 2.30. The van der Waals surface area contributed by atoms with Crippen molar-refractivity contribution in [3.8, 4) is 0 Å². The summed E-state index contributed by atoms with van der Waals surface area (Å²) in [5.74, 6) is -1.24. The van der Waals surface area contributed by atoms with Gasteiger partial charge in [-0.2, -0.15) is 0 Å². The van der Waals surface area contributed by atoms with Gasteiger partial charge in [0, 0.05) is 18.6 Å². The van der Waals surface area contributed by atoms with Crippen molar-refractivity contribution in [2.24, 2.45) is 0 Å². The molecule has 15 heavy (non-hydrogen) atoms. The third-order valence-electron chi connectivity index (χ3n) is 3.26. The van der Waals surface area contributed by atoms with E-state index in [1.54, 1.807) is 0 Å². The number of nitrogens with zero attached hydrogens (tertiary/aromatic N) is 1. The van der Waals surface area contributed by atoms with Crippen LogP contribution in [0.1, 0.15) is 27.2 Å². The summed E-state index contributed by atoms with van der Waals surface area (Å²) in [6, 6.07) is 0. The summed E-state index contributed by atoms with van der Waals surface area (Å²) < 4.78 is 0. The molecule has 0 aromatic carbocycles. The number of aliphatic hydroxyl groups excluding tert-OH is 1. The minimum absolute atomic E-state index is 0.0341. The first-order valence-corrected chi connectivity index (χ1v) is 5.07. The minimum Gasteiger partial charge on any atom is -0.479 e. The molecule has 5 nitrogen and oxygen atoms in total. The average Bonchev–Trinajstić information content (AvgIpc) is 2.31. The zero-order valence-corrected chi connectivity index (χ0v) is 9.40. The highest BCUT2D eigenvalue weighted by atomic mass is 16.4. The van der Waals surface area contributed by atoms with Crippen molar-refractivity contribution in [3.05, 3.63) is 0 Å². The van der Waals surface area contributed by atoms with Crippen LogP contribution in [-0.4, -0.2) is 56.5 Å². The predicted molar refractivity (Wildman–Crippen MR) is 54.5 cm³/mol. The van der Waals surface area contributed by atoms with Gasteiger partial charge in [-0.1, -0.05) is 0 Å². The van der Waals surface area contributed by atoms with Gasteiger partial charge in [-0.3, -0.25) is 4.90 Å². The maximum Gasteiger partial charge on any atom is 0.336 e. The highest BCUT2D eigenvalue weighted by Gasteiger charge is 2.44. The topological polar surface area (TPSA) is 81.0 Å². The largest absolute Gasteiger partial charge is 0.479 e. The molecule has 0 aromatic rings. The van der Waals surface area contributed by atoms with Crippen molar-refractivity contribution >= 4 is 5.97 Å². The molecule has 88 valence electrons. The van der Waals surface area contributed by atoms with Crippen LogP contribution >= 0.6 is 0 Å². The van der Waals surface area contributed by atoms with Crippen LogP contribution in [0.15, 0.2) is 0 Å². The van der Waals surface area contributed by atoms with Crippen LogP contribution in [0.3, 0.4) is 0 Å². The summed E-state index contributed by atoms with van der Waals surface area (Å²) in [4.78, 5) is 12.6. The Bertz CT molecular complexity index is 262. The smallest absolute Gasteiger partial charge is 0.336 e. The third-order valence-corrected chi connectivity index (χ3v) is 3.26. The van der Waals surface area contributed by atoms with Crippen LogP contribution in [0.4, 0.5) is 0 Å². The van der Waals surface area contributed by atoms with Crippen molar-refractivity contribution in [1.82, 2.24) is 4.90 Å². The van der Waals surface area contributed by atoms with Crippen LogP contribution in [0.2, 0.25) is 0 Å². The number of hydrogen-bond donors (Lipinski definition) is 3. The van der Waals surface area contributed by atoms with E-state index in [9.17, 15) is 15.0 Å². The van der Waals surface area contributed by atoms with E-state index < -0.39 is 23.2 Å². The van der Waals surface area contributed by atoms with Crippen LogP contribution in [-0.2, 0) is 4.79 Å². The van der Waals surface area contributed by atoms with Gasteiger partial charge in [-0.25, -0.2) is 4.79 Å². The van der Waals surface area contributed by atoms with E-state index in [1.807, 2.05) is 18.7 Å². The molecule has 1 fully saturated rings. The first-order valence-electron chi connectivity index (χ1n) is 5.07. The molecular formula is C10H19NO4. The van der Waals surface area contributed by atoms with Crippen LogP contribution < -0.4 is 0 Å². The summed E-state index contributed by atoms with van der Waals surface area (Å²) in [6.45, 7) is 5.62. The van der Waals surface area contributed by atoms with Crippen LogP contribution in [0.5, 0.6) is 0 Å². The van der Waals surface area contributed by atoms with Crippen LogP contribution in [0, 0.1) is 0 Å². The Kier molecular flexibility index (Phi) is 3.09. The second kappa shape index (κ2) is 3.73. The quantitative estimate of drug-likeness (QED) is 0.603. The number of carbonyl (C=O) groups is 1. The van der Waals surface area contributed by atoms with Crippen molar-refractivity contribution in [3.63, 3.8) is 0 Å². The van der Waals surface area contributed by atoms with Crippen molar-refractivity contribution < 1.29 is 20.1 Å². The molecule has 0 amide bonds. The van der Waals surface area contributed by atoms with Gasteiger partial charge in [-0.05, 0) is 27.2 Å². The minimum atomic E-state index is -1.76. The summed E-state index contributed by atoms with van der Waals surface area (Å²) in [5.41, 5.74) is -2.24. The van der Waals surface area contributed by atoms with E-state index in [1.165, 1.54) is 6.92 Å². The molecule has 1 aliphatic heterocycles. The van der Waals surface area contributed by atoms with Gasteiger partial charge in [0.1, 0.15) is 0 Å². The van der Waals surface area contributed by atoms with Crippen molar-refractivity contribution in [2.45, 2.75) is 44.4 Å². The van der Waals surface area contributed by atoms with Crippen LogP contribution in [0.25, 0.3) is 0 Å². The van der Waals surface area contributed by atoms with E-state index in [4.69, 9.17) is 5.11 Å². The Hall–Kier alpha value is -0.650. The highest BCUT2D eigenvalue weighted by molar-refractivity contribution is 5.76. The fraction of sp³-hybridized carbons (Fsp3) is 0.900. The molecule has 2 unspecified atom stereocenters. The number of carboxylic acids is 1. The number of aliphatic hydroxyl groups is 2. The first kappa shape index (κ1) is 12.4. The molecule has 1 heterocycles. The Labute approximate surface area is 89.3 Å². The maximum absolute atomic E-state index is 10.8. The number of hydrogen-bond acceptors (Lipinski definition) is 4. The molecule has 0 bridgehead atoms. The average molecular weight is 217 g/mol. The Morgan fingerprint density at radius 2 is 2.13 bits per heavy atom. The number of carboxylic acid groups (broad SMARTS) is 1. The zero-order chi connectivity index (χ0) is 11.9. The molecule has 0 aliphatic carbocycles. The van der Waals surface area contributed by atoms with Gasteiger partial charge in [0.2, 0.25) is 0 Å². The van der Waals surface area contributed by atoms with E-state index in [2.05, 4.69) is 0 Å². The van der Waals surface area contributed by atoms with E-state index >= 15 is 0 Å². The molecule has 3 N–H and O–H groups in total. The number of aliphatic carboxylic acids is 1. The molecule has 5 heteroatoms. The fourth-order valence-corrected chi connectivity index (χ4v) is 1.85. The SMILES string of the molecule is CC(O)(CN1CCC(O)C1(C)C)C(=O)O. The second-order valence-corrected chi connectivity index (χ2v) is 4.96. The second-order valence-electron chi connectivity index (χ2n) is 4.96. The predicted octanol–water partition coefficient (Wildman–Crippen LogP) is -0.333. The van der Waals surface area contributed by atoms with Crippen molar-refractivity contribution in [1.29, 1.82) is 0 Å². The van der Waals surface area contributed by atoms with E-state index in [0.29, 0.717) is 13.0 Å². The lowest BCUT2D eigenvalue weighted by Gasteiger charge is -2.36. The number of β-amino-alcohol motifs (C(OH)–C–C–N with tert-alkyl or cyclic N) is 1. The maximum atomic E-state index is 10.8. The summed E-state index contributed by atoms with van der Waals surface area (Å²) in [7, 11) is 0. The zero-order valence-electron chi connectivity index (χ0n) is 9.40.